The van der Waals surface area contributed by atoms with Gasteiger partial charge in [-0.1, -0.05) is 27.5 Å². The molecule has 1 aromatic heterocycles. The standard InChI is InChI=1S/C6H4BrClN2O/c7-2-5(11)4-1-6(8)10-3-9-4/h1,3H,2H2. The maximum atomic E-state index is 11.0. The molecule has 1 heterocycles. The van der Waals surface area contributed by atoms with Crippen LogP contribution in [0.5, 0.6) is 0 Å². The van der Waals surface area contributed by atoms with Gasteiger partial charge in [0.2, 0.25) is 0 Å². The maximum absolute atomic E-state index is 11.0. The third kappa shape index (κ3) is 2.24. The van der Waals surface area contributed by atoms with E-state index in [2.05, 4.69) is 25.9 Å². The molecule has 0 radical (unpaired) electrons. The molecule has 0 aliphatic carbocycles. The molecule has 0 N–H and O–H groups in total. The third-order valence-corrected chi connectivity index (χ3v) is 1.76. The fraction of sp³-hybridized carbons (Fsp3) is 0.167. The van der Waals surface area contributed by atoms with Crippen LogP contribution in [0.1, 0.15) is 10.5 Å². The summed E-state index contributed by atoms with van der Waals surface area (Å²) in [6, 6.07) is 1.44. The van der Waals surface area contributed by atoms with Crippen molar-refractivity contribution in [3.8, 4) is 0 Å². The highest BCUT2D eigenvalue weighted by Gasteiger charge is 2.04. The first kappa shape index (κ1) is 8.62. The van der Waals surface area contributed by atoms with Gasteiger partial charge in [0.05, 0.1) is 5.33 Å². The van der Waals surface area contributed by atoms with Crippen LogP contribution in [0, 0.1) is 0 Å². The van der Waals surface area contributed by atoms with Gasteiger partial charge in [-0.05, 0) is 0 Å². The number of nitrogens with zero attached hydrogens (tertiary/aromatic N) is 2. The summed E-state index contributed by atoms with van der Waals surface area (Å²) >= 11 is 8.55. The second-order valence-electron chi connectivity index (χ2n) is 1.78. The van der Waals surface area contributed by atoms with Crippen LogP contribution in [0.3, 0.4) is 0 Å². The average molecular weight is 235 g/mol. The molecular formula is C6H4BrClN2O. The molecule has 0 aliphatic heterocycles. The maximum Gasteiger partial charge on any atom is 0.191 e. The zero-order valence-corrected chi connectivity index (χ0v) is 7.76. The first-order valence-corrected chi connectivity index (χ1v) is 4.30. The minimum absolute atomic E-state index is 0.102. The molecule has 58 valence electrons. The number of carbonyl (C=O) groups is 1. The van der Waals surface area contributed by atoms with Gasteiger partial charge in [-0.25, -0.2) is 9.97 Å². The molecule has 0 spiro atoms. The Kier molecular flexibility index (Phi) is 2.96. The molecule has 0 saturated heterocycles. The Morgan fingerprint density at radius 3 is 2.91 bits per heavy atom. The highest BCUT2D eigenvalue weighted by atomic mass is 79.9. The number of Topliss-reactive ketones (excluding diaryl/α,β-unsaturated/α-hetero) is 1. The van der Waals surface area contributed by atoms with Gasteiger partial charge in [-0.3, -0.25) is 4.79 Å². The quantitative estimate of drug-likeness (QED) is 0.445. The molecule has 0 unspecified atom stereocenters. The van der Waals surface area contributed by atoms with Crippen molar-refractivity contribution < 1.29 is 4.79 Å². The predicted molar refractivity (Wildman–Crippen MR) is 45.2 cm³/mol. The summed E-state index contributed by atoms with van der Waals surface area (Å²) in [6.45, 7) is 0. The van der Waals surface area contributed by atoms with E-state index >= 15 is 0 Å². The smallest absolute Gasteiger partial charge is 0.191 e. The van der Waals surface area contributed by atoms with E-state index in [1.807, 2.05) is 0 Å². The van der Waals surface area contributed by atoms with E-state index in [0.29, 0.717) is 5.69 Å². The molecule has 0 amide bonds. The number of ketones is 1. The predicted octanol–water partition coefficient (Wildman–Crippen LogP) is 1.71. The monoisotopic (exact) mass is 234 g/mol. The van der Waals surface area contributed by atoms with Crippen molar-refractivity contribution in [3.63, 3.8) is 0 Å². The number of rotatable bonds is 2. The van der Waals surface area contributed by atoms with Gasteiger partial charge in [0.15, 0.2) is 5.78 Å². The largest absolute Gasteiger partial charge is 0.291 e. The molecule has 0 aromatic carbocycles. The second-order valence-corrected chi connectivity index (χ2v) is 2.73. The van der Waals surface area contributed by atoms with Crippen LogP contribution in [-0.4, -0.2) is 21.1 Å². The van der Waals surface area contributed by atoms with Crippen molar-refractivity contribution in [3.05, 3.63) is 23.2 Å². The van der Waals surface area contributed by atoms with E-state index in [1.165, 1.54) is 12.4 Å². The van der Waals surface area contributed by atoms with Crippen LogP contribution in [-0.2, 0) is 0 Å². The molecule has 0 saturated carbocycles. The van der Waals surface area contributed by atoms with E-state index in [0.717, 1.165) is 0 Å². The van der Waals surface area contributed by atoms with Crippen LogP contribution < -0.4 is 0 Å². The molecule has 1 aromatic rings. The Morgan fingerprint density at radius 2 is 2.36 bits per heavy atom. The molecule has 0 fully saturated rings. The lowest BCUT2D eigenvalue weighted by molar-refractivity contribution is 0.101. The van der Waals surface area contributed by atoms with Crippen LogP contribution in [0.2, 0.25) is 5.15 Å². The average Bonchev–Trinajstić information content (AvgIpc) is 2.03. The van der Waals surface area contributed by atoms with Crippen LogP contribution in [0.25, 0.3) is 0 Å². The Bertz CT molecular complexity index is 279. The zero-order valence-electron chi connectivity index (χ0n) is 5.42. The summed E-state index contributed by atoms with van der Waals surface area (Å²) in [6.07, 6.45) is 1.26. The topological polar surface area (TPSA) is 42.9 Å². The van der Waals surface area contributed by atoms with Gasteiger partial charge in [0, 0.05) is 6.07 Å². The van der Waals surface area contributed by atoms with Gasteiger partial charge in [0.25, 0.3) is 0 Å². The van der Waals surface area contributed by atoms with Crippen LogP contribution in [0.4, 0.5) is 0 Å². The van der Waals surface area contributed by atoms with Gasteiger partial charge in [0.1, 0.15) is 17.2 Å². The molecule has 5 heteroatoms. The minimum atomic E-state index is -0.102. The van der Waals surface area contributed by atoms with E-state index < -0.39 is 0 Å². The highest BCUT2D eigenvalue weighted by Crippen LogP contribution is 2.05. The number of aromatic nitrogens is 2. The Labute approximate surface area is 76.9 Å². The number of alkyl halides is 1. The Balaban J connectivity index is 2.96. The summed E-state index contributed by atoms with van der Waals surface area (Å²) < 4.78 is 0. The zero-order chi connectivity index (χ0) is 8.27. The van der Waals surface area contributed by atoms with Crippen molar-refractivity contribution in [2.45, 2.75) is 0 Å². The second kappa shape index (κ2) is 3.78. The van der Waals surface area contributed by atoms with Crippen molar-refractivity contribution in [1.29, 1.82) is 0 Å². The normalized spacial score (nSPS) is 9.64. The first-order chi connectivity index (χ1) is 5.24. The summed E-state index contributed by atoms with van der Waals surface area (Å²) in [5.41, 5.74) is 0.335. The minimum Gasteiger partial charge on any atom is -0.291 e. The molecular weight excluding hydrogens is 231 g/mol. The molecule has 0 bridgehead atoms. The first-order valence-electron chi connectivity index (χ1n) is 2.80. The lowest BCUT2D eigenvalue weighted by Gasteiger charge is -1.93. The van der Waals surface area contributed by atoms with E-state index in [-0.39, 0.29) is 16.3 Å². The summed E-state index contributed by atoms with van der Waals surface area (Å²) in [4.78, 5) is 18.3. The van der Waals surface area contributed by atoms with Crippen LogP contribution in [0.15, 0.2) is 12.4 Å². The molecule has 0 aliphatic rings. The van der Waals surface area contributed by atoms with Gasteiger partial charge >= 0.3 is 0 Å². The lowest BCUT2D eigenvalue weighted by atomic mass is 10.3. The van der Waals surface area contributed by atoms with Gasteiger partial charge < -0.3 is 0 Å². The summed E-state index contributed by atoms with van der Waals surface area (Å²) in [7, 11) is 0. The Hall–Kier alpha value is -0.480. The lowest BCUT2D eigenvalue weighted by Crippen LogP contribution is -2.02. The van der Waals surface area contributed by atoms with E-state index in [4.69, 9.17) is 11.6 Å². The van der Waals surface area contributed by atoms with Gasteiger partial charge in [-0.15, -0.1) is 0 Å². The van der Waals surface area contributed by atoms with Crippen molar-refractivity contribution >= 4 is 33.3 Å². The van der Waals surface area contributed by atoms with Crippen molar-refractivity contribution in [2.75, 3.05) is 5.33 Å². The number of halogens is 2. The van der Waals surface area contributed by atoms with Crippen LogP contribution >= 0.6 is 27.5 Å². The Morgan fingerprint density at radius 1 is 1.64 bits per heavy atom. The van der Waals surface area contributed by atoms with Crippen molar-refractivity contribution in [2.24, 2.45) is 0 Å². The number of carbonyl (C=O) groups excluding carboxylic acids is 1. The molecule has 0 atom stereocenters. The third-order valence-electron chi connectivity index (χ3n) is 1.04. The fourth-order valence-electron chi connectivity index (χ4n) is 0.555. The SMILES string of the molecule is O=C(CBr)c1cc(Cl)ncn1. The molecule has 11 heavy (non-hydrogen) atoms. The van der Waals surface area contributed by atoms with E-state index in [9.17, 15) is 4.79 Å². The van der Waals surface area contributed by atoms with Crippen molar-refractivity contribution in [1.82, 2.24) is 9.97 Å². The summed E-state index contributed by atoms with van der Waals surface area (Å²) in [5, 5.41) is 0.532. The highest BCUT2D eigenvalue weighted by molar-refractivity contribution is 9.09. The fourth-order valence-corrected chi connectivity index (χ4v) is 0.989. The molecule has 3 nitrogen and oxygen atoms in total. The summed E-state index contributed by atoms with van der Waals surface area (Å²) in [5.74, 6) is -0.102. The molecule has 1 rings (SSSR count). The van der Waals surface area contributed by atoms with E-state index in [1.54, 1.807) is 0 Å². The van der Waals surface area contributed by atoms with Gasteiger partial charge in [-0.2, -0.15) is 0 Å². The number of hydrogen-bond donors (Lipinski definition) is 0. The number of hydrogen-bond acceptors (Lipinski definition) is 3.